The van der Waals surface area contributed by atoms with Gasteiger partial charge < -0.3 is 9.47 Å². The normalized spacial score (nSPS) is 15.8. The third-order valence-electron chi connectivity index (χ3n) is 3.84. The van der Waals surface area contributed by atoms with Crippen LogP contribution in [0.3, 0.4) is 0 Å². The van der Waals surface area contributed by atoms with Gasteiger partial charge in [-0.25, -0.2) is 0 Å². The zero-order valence-corrected chi connectivity index (χ0v) is 13.0. The lowest BCUT2D eigenvalue weighted by Gasteiger charge is -2.28. The summed E-state index contributed by atoms with van der Waals surface area (Å²) in [5.74, 6) is 1.14. The first-order chi connectivity index (χ1) is 9.02. The molecular formula is C15H24N2OS. The predicted molar refractivity (Wildman–Crippen MR) is 82.9 cm³/mol. The molecule has 1 aromatic rings. The monoisotopic (exact) mass is 280 g/mol. The first-order valence-electron chi connectivity index (χ1n) is 7.06. The van der Waals surface area contributed by atoms with E-state index in [9.17, 15) is 4.79 Å². The summed E-state index contributed by atoms with van der Waals surface area (Å²) in [6, 6.07) is 2.06. The van der Waals surface area contributed by atoms with Crippen molar-refractivity contribution in [2.45, 2.75) is 45.5 Å². The first-order valence-corrected chi connectivity index (χ1v) is 7.70. The summed E-state index contributed by atoms with van der Waals surface area (Å²) in [4.78, 5) is 14.8. The van der Waals surface area contributed by atoms with Gasteiger partial charge in [0.15, 0.2) is 0 Å². The molecule has 0 spiro atoms. The topological polar surface area (TPSA) is 25.2 Å². The molecule has 0 aliphatic carbocycles. The Hall–Kier alpha value is -0.740. The van der Waals surface area contributed by atoms with Crippen molar-refractivity contribution < 1.29 is 0 Å². The van der Waals surface area contributed by atoms with Crippen LogP contribution < -0.4 is 5.56 Å². The average molecular weight is 280 g/mol. The molecule has 0 aromatic carbocycles. The summed E-state index contributed by atoms with van der Waals surface area (Å²) in [7, 11) is 2.13. The van der Waals surface area contributed by atoms with Crippen molar-refractivity contribution in [2.24, 2.45) is 5.92 Å². The van der Waals surface area contributed by atoms with Gasteiger partial charge in [-0.1, -0.05) is 13.8 Å². The highest BCUT2D eigenvalue weighted by atomic mass is 32.1. The number of hydrogen-bond donors (Lipinski definition) is 1. The molecule has 19 heavy (non-hydrogen) atoms. The fraction of sp³-hybridized carbons (Fsp3) is 0.667. The highest BCUT2D eigenvalue weighted by Gasteiger charge is 2.19. The van der Waals surface area contributed by atoms with Crippen LogP contribution in [0.1, 0.15) is 37.1 Å². The third-order valence-corrected chi connectivity index (χ3v) is 4.18. The van der Waals surface area contributed by atoms with Gasteiger partial charge in [0.25, 0.3) is 5.56 Å². The lowest BCUT2D eigenvalue weighted by molar-refractivity contribution is 0.302. The first kappa shape index (κ1) is 14.7. The molecule has 0 radical (unpaired) electrons. The molecule has 0 saturated carbocycles. The molecule has 2 heterocycles. The van der Waals surface area contributed by atoms with Crippen LogP contribution in [-0.2, 0) is 25.3 Å². The van der Waals surface area contributed by atoms with Crippen LogP contribution in [-0.4, -0.2) is 23.1 Å². The second kappa shape index (κ2) is 6.14. The highest BCUT2D eigenvalue weighted by molar-refractivity contribution is 7.79. The molecule has 0 bridgehead atoms. The van der Waals surface area contributed by atoms with Gasteiger partial charge in [0.1, 0.15) is 0 Å². The van der Waals surface area contributed by atoms with E-state index in [1.807, 2.05) is 4.57 Å². The summed E-state index contributed by atoms with van der Waals surface area (Å²) in [6.07, 6.45) is 2.03. The van der Waals surface area contributed by atoms with Crippen LogP contribution in [0.5, 0.6) is 0 Å². The molecule has 106 valence electrons. The molecule has 0 atom stereocenters. The molecule has 0 unspecified atom stereocenters. The molecule has 4 heteroatoms. The fourth-order valence-corrected chi connectivity index (χ4v) is 2.89. The van der Waals surface area contributed by atoms with Crippen LogP contribution in [0.4, 0.5) is 0 Å². The molecule has 1 aromatic heterocycles. The van der Waals surface area contributed by atoms with E-state index in [2.05, 4.69) is 44.5 Å². The van der Waals surface area contributed by atoms with Crippen LogP contribution in [0.25, 0.3) is 0 Å². The number of rotatable bonds is 4. The summed E-state index contributed by atoms with van der Waals surface area (Å²) >= 11 is 4.30. The second-order valence-electron chi connectivity index (χ2n) is 5.93. The van der Waals surface area contributed by atoms with Crippen LogP contribution in [0, 0.1) is 5.92 Å². The molecule has 1 aliphatic rings. The van der Waals surface area contributed by atoms with Gasteiger partial charge in [-0.15, -0.1) is 0 Å². The summed E-state index contributed by atoms with van der Waals surface area (Å²) in [6.45, 7) is 7.22. The largest absolute Gasteiger partial charge is 0.312 e. The fourth-order valence-electron chi connectivity index (χ4n) is 2.66. The van der Waals surface area contributed by atoms with Gasteiger partial charge in [0.05, 0.1) is 0 Å². The minimum Gasteiger partial charge on any atom is -0.312 e. The van der Waals surface area contributed by atoms with Gasteiger partial charge in [0.2, 0.25) is 0 Å². The van der Waals surface area contributed by atoms with Gasteiger partial charge in [-0.05, 0) is 31.0 Å². The number of nitrogens with zero attached hydrogens (tertiary/aromatic N) is 2. The number of fused-ring (bicyclic) bond motifs is 1. The number of thiol groups is 1. The van der Waals surface area contributed by atoms with Crippen molar-refractivity contribution in [2.75, 3.05) is 13.6 Å². The van der Waals surface area contributed by atoms with E-state index in [4.69, 9.17) is 0 Å². The summed E-state index contributed by atoms with van der Waals surface area (Å²) in [5.41, 5.74) is 3.55. The minimum atomic E-state index is 0.166. The summed E-state index contributed by atoms with van der Waals surface area (Å²) in [5, 5.41) is 0. The third kappa shape index (κ3) is 3.23. The number of aromatic nitrogens is 1. The summed E-state index contributed by atoms with van der Waals surface area (Å²) < 4.78 is 2.01. The Morgan fingerprint density at radius 1 is 1.42 bits per heavy atom. The molecular weight excluding hydrogens is 256 g/mol. The van der Waals surface area contributed by atoms with Gasteiger partial charge >= 0.3 is 0 Å². The Labute approximate surface area is 121 Å². The van der Waals surface area contributed by atoms with Crippen molar-refractivity contribution in [1.29, 1.82) is 0 Å². The lowest BCUT2D eigenvalue weighted by Crippen LogP contribution is -2.35. The maximum absolute atomic E-state index is 12.5. The Bertz CT molecular complexity index is 508. The maximum Gasteiger partial charge on any atom is 0.254 e. The van der Waals surface area contributed by atoms with E-state index in [0.29, 0.717) is 11.7 Å². The lowest BCUT2D eigenvalue weighted by atomic mass is 10.0. The standard InChI is InChI=1S/C15H24N2OS/c1-11(2)4-7-17-14-5-6-16(3)9-12(14)8-13(10-19)15(17)18/h8,11,19H,4-7,9-10H2,1-3H3. The van der Waals surface area contributed by atoms with Crippen LogP contribution in [0.2, 0.25) is 0 Å². The molecule has 0 saturated heterocycles. The Morgan fingerprint density at radius 3 is 2.79 bits per heavy atom. The van der Waals surface area contributed by atoms with E-state index >= 15 is 0 Å². The minimum absolute atomic E-state index is 0.166. The van der Waals surface area contributed by atoms with E-state index in [1.165, 1.54) is 11.3 Å². The zero-order valence-electron chi connectivity index (χ0n) is 12.1. The molecule has 0 fully saturated rings. The Kier molecular flexibility index (Phi) is 4.74. The van der Waals surface area contributed by atoms with E-state index in [0.717, 1.165) is 38.0 Å². The van der Waals surface area contributed by atoms with Crippen LogP contribution in [0.15, 0.2) is 10.9 Å². The van der Waals surface area contributed by atoms with Gasteiger partial charge in [0, 0.05) is 43.1 Å². The smallest absolute Gasteiger partial charge is 0.254 e. The predicted octanol–water partition coefficient (Wildman–Crippen LogP) is 2.31. The van der Waals surface area contributed by atoms with Crippen molar-refractivity contribution in [3.63, 3.8) is 0 Å². The number of pyridine rings is 1. The molecule has 0 N–H and O–H groups in total. The van der Waals surface area contributed by atoms with Crippen molar-refractivity contribution >= 4 is 12.6 Å². The zero-order chi connectivity index (χ0) is 14.0. The van der Waals surface area contributed by atoms with Crippen molar-refractivity contribution in [3.05, 3.63) is 33.2 Å². The highest BCUT2D eigenvalue weighted by Crippen LogP contribution is 2.19. The molecule has 0 amide bonds. The quantitative estimate of drug-likeness (QED) is 0.856. The molecule has 1 aliphatic heterocycles. The maximum atomic E-state index is 12.5. The van der Waals surface area contributed by atoms with E-state index in [-0.39, 0.29) is 5.56 Å². The van der Waals surface area contributed by atoms with E-state index in [1.54, 1.807) is 0 Å². The Morgan fingerprint density at radius 2 is 2.16 bits per heavy atom. The van der Waals surface area contributed by atoms with Crippen molar-refractivity contribution in [1.82, 2.24) is 9.47 Å². The number of hydrogen-bond acceptors (Lipinski definition) is 3. The van der Waals surface area contributed by atoms with Crippen molar-refractivity contribution in [3.8, 4) is 0 Å². The van der Waals surface area contributed by atoms with Gasteiger partial charge in [-0.3, -0.25) is 4.79 Å². The van der Waals surface area contributed by atoms with Crippen LogP contribution >= 0.6 is 12.6 Å². The average Bonchev–Trinajstić information content (AvgIpc) is 2.37. The second-order valence-corrected chi connectivity index (χ2v) is 6.24. The molecule has 2 rings (SSSR count). The van der Waals surface area contributed by atoms with Gasteiger partial charge in [-0.2, -0.15) is 12.6 Å². The number of likely N-dealkylation sites (N-methyl/N-ethyl adjacent to an activating group) is 1. The Balaban J connectivity index is 2.43. The van der Waals surface area contributed by atoms with E-state index < -0.39 is 0 Å². The molecule has 3 nitrogen and oxygen atoms in total. The SMILES string of the molecule is CC(C)CCn1c2c(cc(CS)c1=O)CN(C)CC2.